The Morgan fingerprint density at radius 3 is 2.54 bits per heavy atom. The van der Waals surface area contributed by atoms with Crippen LogP contribution in [-0.2, 0) is 0 Å². The van der Waals surface area contributed by atoms with Crippen LogP contribution in [0.4, 0.5) is 0 Å². The van der Waals surface area contributed by atoms with Crippen molar-refractivity contribution in [1.29, 1.82) is 5.26 Å². The van der Waals surface area contributed by atoms with Gasteiger partial charge in [-0.3, -0.25) is 4.98 Å². The van der Waals surface area contributed by atoms with Crippen LogP contribution in [0.25, 0.3) is 10.4 Å². The molecule has 0 saturated heterocycles. The standard InChI is InChI=1S/C10H6N2S/c11-5-8-1-3-9(4-2-8)10-6-12-7-13-10/h1-4,6-7H. The Morgan fingerprint density at radius 1 is 1.23 bits per heavy atom. The zero-order valence-electron chi connectivity index (χ0n) is 6.77. The lowest BCUT2D eigenvalue weighted by Crippen LogP contribution is -1.74. The Hall–Kier alpha value is -1.66. The van der Waals surface area contributed by atoms with Crippen LogP contribution in [0.1, 0.15) is 5.56 Å². The van der Waals surface area contributed by atoms with Gasteiger partial charge in [-0.05, 0) is 17.7 Å². The van der Waals surface area contributed by atoms with E-state index in [1.54, 1.807) is 16.8 Å². The zero-order valence-corrected chi connectivity index (χ0v) is 7.58. The summed E-state index contributed by atoms with van der Waals surface area (Å²) in [5.41, 5.74) is 3.60. The first-order chi connectivity index (χ1) is 6.40. The minimum Gasteiger partial charge on any atom is -0.252 e. The number of hydrogen-bond donors (Lipinski definition) is 0. The van der Waals surface area contributed by atoms with Gasteiger partial charge in [-0.15, -0.1) is 11.3 Å². The summed E-state index contributed by atoms with van der Waals surface area (Å²) in [4.78, 5) is 5.12. The summed E-state index contributed by atoms with van der Waals surface area (Å²) in [6.45, 7) is 0. The molecule has 0 aliphatic rings. The summed E-state index contributed by atoms with van der Waals surface area (Å²) in [5, 5.41) is 8.60. The number of nitrogens with zero attached hydrogens (tertiary/aromatic N) is 2. The molecule has 0 radical (unpaired) electrons. The summed E-state index contributed by atoms with van der Waals surface area (Å²) in [6, 6.07) is 9.59. The van der Waals surface area contributed by atoms with Crippen LogP contribution < -0.4 is 0 Å². The van der Waals surface area contributed by atoms with E-state index >= 15 is 0 Å². The number of rotatable bonds is 1. The van der Waals surface area contributed by atoms with E-state index in [1.807, 2.05) is 30.5 Å². The van der Waals surface area contributed by atoms with Gasteiger partial charge in [0.2, 0.25) is 0 Å². The van der Waals surface area contributed by atoms with Crippen molar-refractivity contribution in [2.75, 3.05) is 0 Å². The Labute approximate surface area is 80.1 Å². The van der Waals surface area contributed by atoms with Gasteiger partial charge in [-0.25, -0.2) is 0 Å². The van der Waals surface area contributed by atoms with E-state index in [1.165, 1.54) is 0 Å². The fourth-order valence-electron chi connectivity index (χ4n) is 1.07. The molecule has 0 aliphatic heterocycles. The number of aromatic nitrogens is 1. The summed E-state index contributed by atoms with van der Waals surface area (Å²) in [5.74, 6) is 0. The highest BCUT2D eigenvalue weighted by Crippen LogP contribution is 2.22. The lowest BCUT2D eigenvalue weighted by Gasteiger charge is -1.94. The summed E-state index contributed by atoms with van der Waals surface area (Å²) in [7, 11) is 0. The molecule has 0 saturated carbocycles. The molecule has 0 N–H and O–H groups in total. The van der Waals surface area contributed by atoms with Crippen molar-refractivity contribution in [3.8, 4) is 16.5 Å². The molecular formula is C10H6N2S. The first-order valence-corrected chi connectivity index (χ1v) is 4.67. The monoisotopic (exact) mass is 186 g/mol. The van der Waals surface area contributed by atoms with Gasteiger partial charge in [0, 0.05) is 6.20 Å². The Bertz CT molecular complexity index is 423. The first kappa shape index (κ1) is 7.96. The lowest BCUT2D eigenvalue weighted by atomic mass is 10.1. The average Bonchev–Trinajstić information content (AvgIpc) is 2.71. The first-order valence-electron chi connectivity index (χ1n) is 3.79. The normalized spacial score (nSPS) is 9.46. The van der Waals surface area contributed by atoms with Crippen molar-refractivity contribution in [3.63, 3.8) is 0 Å². The van der Waals surface area contributed by atoms with Crippen molar-refractivity contribution < 1.29 is 0 Å². The average molecular weight is 186 g/mol. The van der Waals surface area contributed by atoms with Gasteiger partial charge in [0.25, 0.3) is 0 Å². The molecule has 0 amide bonds. The van der Waals surface area contributed by atoms with E-state index in [4.69, 9.17) is 5.26 Å². The van der Waals surface area contributed by atoms with Gasteiger partial charge in [0.1, 0.15) is 0 Å². The molecule has 2 nitrogen and oxygen atoms in total. The van der Waals surface area contributed by atoms with Crippen LogP contribution in [0.5, 0.6) is 0 Å². The molecule has 1 aromatic heterocycles. The topological polar surface area (TPSA) is 36.7 Å². The van der Waals surface area contributed by atoms with Crippen molar-refractivity contribution in [2.24, 2.45) is 0 Å². The molecule has 0 aliphatic carbocycles. The molecule has 1 aromatic carbocycles. The van der Waals surface area contributed by atoms with Crippen LogP contribution >= 0.6 is 11.3 Å². The smallest absolute Gasteiger partial charge is 0.0991 e. The van der Waals surface area contributed by atoms with Crippen molar-refractivity contribution in [2.45, 2.75) is 0 Å². The second-order valence-electron chi connectivity index (χ2n) is 2.55. The quantitative estimate of drug-likeness (QED) is 0.686. The molecular weight excluding hydrogens is 180 g/mol. The van der Waals surface area contributed by atoms with E-state index < -0.39 is 0 Å². The fraction of sp³-hybridized carbons (Fsp3) is 0. The maximum atomic E-state index is 8.60. The molecule has 62 valence electrons. The van der Waals surface area contributed by atoms with Crippen LogP contribution in [0.3, 0.4) is 0 Å². The number of thiazole rings is 1. The molecule has 2 aromatic rings. The van der Waals surface area contributed by atoms with Crippen molar-refractivity contribution in [3.05, 3.63) is 41.5 Å². The van der Waals surface area contributed by atoms with E-state index in [-0.39, 0.29) is 0 Å². The van der Waals surface area contributed by atoms with E-state index in [0.29, 0.717) is 5.56 Å². The maximum absolute atomic E-state index is 8.60. The molecule has 0 fully saturated rings. The van der Waals surface area contributed by atoms with Gasteiger partial charge < -0.3 is 0 Å². The third-order valence-corrected chi connectivity index (χ3v) is 2.55. The minimum atomic E-state index is 0.688. The fourth-order valence-corrected chi connectivity index (χ4v) is 1.70. The molecule has 0 unspecified atom stereocenters. The molecule has 1 heterocycles. The van der Waals surface area contributed by atoms with Crippen LogP contribution in [-0.4, -0.2) is 4.98 Å². The molecule has 2 rings (SSSR count). The zero-order chi connectivity index (χ0) is 9.10. The van der Waals surface area contributed by atoms with Crippen LogP contribution in [0, 0.1) is 11.3 Å². The second kappa shape index (κ2) is 3.38. The Kier molecular flexibility index (Phi) is 2.07. The second-order valence-corrected chi connectivity index (χ2v) is 3.44. The van der Waals surface area contributed by atoms with Gasteiger partial charge >= 0.3 is 0 Å². The summed E-state index contributed by atoms with van der Waals surface area (Å²) < 4.78 is 0. The van der Waals surface area contributed by atoms with Crippen molar-refractivity contribution in [1.82, 2.24) is 4.98 Å². The summed E-state index contributed by atoms with van der Waals surface area (Å²) >= 11 is 1.60. The highest BCUT2D eigenvalue weighted by Gasteiger charge is 1.98. The highest BCUT2D eigenvalue weighted by atomic mass is 32.1. The maximum Gasteiger partial charge on any atom is 0.0991 e. The van der Waals surface area contributed by atoms with E-state index in [2.05, 4.69) is 11.1 Å². The molecule has 3 heteroatoms. The van der Waals surface area contributed by atoms with Gasteiger partial charge in [-0.2, -0.15) is 5.26 Å². The van der Waals surface area contributed by atoms with Crippen LogP contribution in [0.15, 0.2) is 36.0 Å². The van der Waals surface area contributed by atoms with E-state index in [0.717, 1.165) is 10.4 Å². The third-order valence-electron chi connectivity index (χ3n) is 1.73. The van der Waals surface area contributed by atoms with Crippen LogP contribution in [0.2, 0.25) is 0 Å². The third kappa shape index (κ3) is 1.58. The number of hydrogen-bond acceptors (Lipinski definition) is 3. The Balaban J connectivity index is 2.40. The predicted molar refractivity (Wildman–Crippen MR) is 52.3 cm³/mol. The highest BCUT2D eigenvalue weighted by molar-refractivity contribution is 7.13. The van der Waals surface area contributed by atoms with E-state index in [9.17, 15) is 0 Å². The summed E-state index contributed by atoms with van der Waals surface area (Å²) in [6.07, 6.45) is 1.83. The van der Waals surface area contributed by atoms with Gasteiger partial charge in [0.15, 0.2) is 0 Å². The lowest BCUT2D eigenvalue weighted by molar-refractivity contribution is 1.42. The van der Waals surface area contributed by atoms with Crippen molar-refractivity contribution >= 4 is 11.3 Å². The molecule has 13 heavy (non-hydrogen) atoms. The van der Waals surface area contributed by atoms with Gasteiger partial charge in [-0.1, -0.05) is 12.1 Å². The molecule has 0 atom stereocenters. The SMILES string of the molecule is N#Cc1ccc(-c2cncs2)cc1. The Morgan fingerprint density at radius 2 is 2.00 bits per heavy atom. The number of benzene rings is 1. The number of nitriles is 1. The molecule has 0 bridgehead atoms. The molecule has 0 spiro atoms. The largest absolute Gasteiger partial charge is 0.252 e. The minimum absolute atomic E-state index is 0.688. The predicted octanol–water partition coefficient (Wildman–Crippen LogP) is 2.68. The van der Waals surface area contributed by atoms with Gasteiger partial charge in [0.05, 0.1) is 22.0 Å².